The maximum Gasteiger partial charge on any atom is 0.272 e. The molecule has 4 aromatic rings. The number of rotatable bonds is 4. The molecule has 1 amide bonds. The fourth-order valence-corrected chi connectivity index (χ4v) is 3.40. The first kappa shape index (κ1) is 20.1. The minimum absolute atomic E-state index is 0.315. The van der Waals surface area contributed by atoms with Crippen LogP contribution in [-0.4, -0.2) is 16.6 Å². The normalized spacial score (nSPS) is 11.5. The number of pyridine rings is 1. The average Bonchev–Trinajstić information content (AvgIpc) is 2.78. The lowest BCUT2D eigenvalue weighted by atomic mass is 10.0. The fourth-order valence-electron chi connectivity index (χ4n) is 3.10. The largest absolute Gasteiger partial charge is 0.272 e. The standard InChI is InChI=1S/C24H17Cl2N3O/c1-15(17-11-12-20(25)21(26)13-17)28-29-24(30)19-14-23(16-7-3-2-4-8-16)27-22-10-6-5-9-18(19)22/h2-14H,1H3,(H,29,30)/b28-15+. The second kappa shape index (κ2) is 8.66. The van der Waals surface area contributed by atoms with Gasteiger partial charge in [-0.05, 0) is 36.8 Å². The van der Waals surface area contributed by atoms with Gasteiger partial charge in [-0.3, -0.25) is 4.79 Å². The van der Waals surface area contributed by atoms with Crippen molar-refractivity contribution in [1.29, 1.82) is 0 Å². The van der Waals surface area contributed by atoms with Crippen LogP contribution in [0.2, 0.25) is 10.0 Å². The number of amides is 1. The zero-order chi connectivity index (χ0) is 21.1. The summed E-state index contributed by atoms with van der Waals surface area (Å²) in [4.78, 5) is 17.7. The number of fused-ring (bicyclic) bond motifs is 1. The van der Waals surface area contributed by atoms with Gasteiger partial charge in [0.05, 0.1) is 32.5 Å². The van der Waals surface area contributed by atoms with Crippen LogP contribution in [0.3, 0.4) is 0 Å². The third kappa shape index (κ3) is 4.20. The van der Waals surface area contributed by atoms with Gasteiger partial charge < -0.3 is 0 Å². The van der Waals surface area contributed by atoms with E-state index in [1.807, 2.05) is 54.6 Å². The summed E-state index contributed by atoms with van der Waals surface area (Å²) >= 11 is 12.0. The number of para-hydroxylation sites is 1. The molecule has 0 radical (unpaired) electrons. The number of carbonyl (C=O) groups excluding carboxylic acids is 1. The van der Waals surface area contributed by atoms with Crippen LogP contribution >= 0.6 is 23.2 Å². The summed E-state index contributed by atoms with van der Waals surface area (Å²) in [6.45, 7) is 1.79. The number of hydrazone groups is 1. The molecule has 148 valence electrons. The van der Waals surface area contributed by atoms with Gasteiger partial charge in [-0.15, -0.1) is 0 Å². The van der Waals surface area contributed by atoms with Crippen LogP contribution in [-0.2, 0) is 0 Å². The molecule has 4 rings (SSSR count). The molecule has 0 spiro atoms. The summed E-state index contributed by atoms with van der Waals surface area (Å²) in [6.07, 6.45) is 0. The van der Waals surface area contributed by atoms with Gasteiger partial charge in [0.25, 0.3) is 5.91 Å². The van der Waals surface area contributed by atoms with E-state index < -0.39 is 0 Å². The molecule has 30 heavy (non-hydrogen) atoms. The molecular formula is C24H17Cl2N3O. The minimum Gasteiger partial charge on any atom is -0.267 e. The van der Waals surface area contributed by atoms with E-state index >= 15 is 0 Å². The van der Waals surface area contributed by atoms with Gasteiger partial charge in [0.15, 0.2) is 0 Å². The molecule has 0 atom stereocenters. The lowest BCUT2D eigenvalue weighted by Gasteiger charge is -2.09. The number of hydrogen-bond acceptors (Lipinski definition) is 3. The molecule has 0 aliphatic rings. The number of benzene rings is 3. The van der Waals surface area contributed by atoms with Crippen molar-refractivity contribution in [3.05, 3.63) is 100 Å². The maximum atomic E-state index is 13.0. The monoisotopic (exact) mass is 433 g/mol. The quantitative estimate of drug-likeness (QED) is 0.300. The van der Waals surface area contributed by atoms with Crippen LogP contribution < -0.4 is 5.43 Å². The molecule has 3 aromatic carbocycles. The van der Waals surface area contributed by atoms with Gasteiger partial charge in [0.2, 0.25) is 0 Å². The molecule has 6 heteroatoms. The summed E-state index contributed by atoms with van der Waals surface area (Å²) in [5, 5.41) is 5.91. The van der Waals surface area contributed by atoms with E-state index in [-0.39, 0.29) is 5.91 Å². The molecule has 1 aromatic heterocycles. The van der Waals surface area contributed by atoms with Crippen LogP contribution in [0.15, 0.2) is 84.0 Å². The Morgan fingerprint density at radius 3 is 2.40 bits per heavy atom. The Kier molecular flexibility index (Phi) is 5.79. The van der Waals surface area contributed by atoms with Crippen molar-refractivity contribution in [2.24, 2.45) is 5.10 Å². The van der Waals surface area contributed by atoms with Gasteiger partial charge in [-0.25, -0.2) is 10.4 Å². The van der Waals surface area contributed by atoms with Crippen LogP contribution in [0, 0.1) is 0 Å². The average molecular weight is 434 g/mol. The number of nitrogens with zero attached hydrogens (tertiary/aromatic N) is 2. The molecule has 0 saturated heterocycles. The van der Waals surface area contributed by atoms with Gasteiger partial charge in [0, 0.05) is 10.9 Å². The summed E-state index contributed by atoms with van der Waals surface area (Å²) in [6, 6.07) is 24.3. The highest BCUT2D eigenvalue weighted by molar-refractivity contribution is 6.42. The smallest absolute Gasteiger partial charge is 0.267 e. The Labute approximate surface area is 184 Å². The van der Waals surface area contributed by atoms with Gasteiger partial charge in [-0.2, -0.15) is 5.10 Å². The van der Waals surface area contributed by atoms with Gasteiger partial charge >= 0.3 is 0 Å². The van der Waals surface area contributed by atoms with E-state index in [1.54, 1.807) is 31.2 Å². The first-order chi connectivity index (χ1) is 14.5. The van der Waals surface area contributed by atoms with Crippen LogP contribution in [0.25, 0.3) is 22.2 Å². The lowest BCUT2D eigenvalue weighted by molar-refractivity contribution is 0.0956. The van der Waals surface area contributed by atoms with E-state index in [1.165, 1.54) is 0 Å². The zero-order valence-electron chi connectivity index (χ0n) is 16.1. The Balaban J connectivity index is 1.69. The fraction of sp³-hybridized carbons (Fsp3) is 0.0417. The summed E-state index contributed by atoms with van der Waals surface area (Å²) < 4.78 is 0. The van der Waals surface area contributed by atoms with Crippen molar-refractivity contribution < 1.29 is 4.79 Å². The summed E-state index contributed by atoms with van der Waals surface area (Å²) in [5.41, 5.74) is 6.95. The third-order valence-electron chi connectivity index (χ3n) is 4.69. The Bertz CT molecular complexity index is 1270. The first-order valence-corrected chi connectivity index (χ1v) is 10.0. The van der Waals surface area contributed by atoms with Crippen LogP contribution in [0.1, 0.15) is 22.8 Å². The maximum absolute atomic E-state index is 13.0. The topological polar surface area (TPSA) is 54.4 Å². The van der Waals surface area contributed by atoms with Gasteiger partial charge in [0.1, 0.15) is 0 Å². The Hall–Kier alpha value is -3.21. The van der Waals surface area contributed by atoms with Crippen molar-refractivity contribution >= 4 is 45.7 Å². The van der Waals surface area contributed by atoms with Crippen LogP contribution in [0.4, 0.5) is 0 Å². The summed E-state index contributed by atoms with van der Waals surface area (Å²) in [7, 11) is 0. The Morgan fingerprint density at radius 1 is 0.900 bits per heavy atom. The minimum atomic E-state index is -0.315. The van der Waals surface area contributed by atoms with E-state index in [4.69, 9.17) is 28.2 Å². The highest BCUT2D eigenvalue weighted by Gasteiger charge is 2.14. The third-order valence-corrected chi connectivity index (χ3v) is 5.43. The lowest BCUT2D eigenvalue weighted by Crippen LogP contribution is -2.20. The molecule has 0 fully saturated rings. The molecule has 0 bridgehead atoms. The summed E-state index contributed by atoms with van der Waals surface area (Å²) in [5.74, 6) is -0.315. The van der Waals surface area contributed by atoms with Crippen molar-refractivity contribution in [3.8, 4) is 11.3 Å². The number of aromatic nitrogens is 1. The Morgan fingerprint density at radius 2 is 1.63 bits per heavy atom. The molecule has 4 nitrogen and oxygen atoms in total. The molecule has 1 N–H and O–H groups in total. The van der Waals surface area contributed by atoms with Crippen LogP contribution in [0.5, 0.6) is 0 Å². The molecule has 1 heterocycles. The van der Waals surface area contributed by atoms with Crippen molar-refractivity contribution in [3.63, 3.8) is 0 Å². The molecule has 0 aliphatic heterocycles. The molecule has 0 saturated carbocycles. The van der Waals surface area contributed by atoms with E-state index in [0.717, 1.165) is 27.7 Å². The molecule has 0 unspecified atom stereocenters. The zero-order valence-corrected chi connectivity index (χ0v) is 17.6. The second-order valence-corrected chi connectivity index (χ2v) is 7.52. The van der Waals surface area contributed by atoms with E-state index in [2.05, 4.69) is 10.5 Å². The number of nitrogens with one attached hydrogen (secondary N) is 1. The highest BCUT2D eigenvalue weighted by atomic mass is 35.5. The van der Waals surface area contributed by atoms with Gasteiger partial charge in [-0.1, -0.05) is 77.8 Å². The van der Waals surface area contributed by atoms with Crippen molar-refractivity contribution in [2.45, 2.75) is 6.92 Å². The predicted molar refractivity (Wildman–Crippen MR) is 123 cm³/mol. The number of hydrogen-bond donors (Lipinski definition) is 1. The SMILES string of the molecule is C/C(=N\NC(=O)c1cc(-c2ccccc2)nc2ccccc12)c1ccc(Cl)c(Cl)c1. The van der Waals surface area contributed by atoms with Crippen molar-refractivity contribution in [2.75, 3.05) is 0 Å². The second-order valence-electron chi connectivity index (χ2n) is 6.71. The van der Waals surface area contributed by atoms with Crippen molar-refractivity contribution in [1.82, 2.24) is 10.4 Å². The molecular weight excluding hydrogens is 417 g/mol. The van der Waals surface area contributed by atoms with E-state index in [0.29, 0.717) is 21.3 Å². The predicted octanol–water partition coefficient (Wildman–Crippen LogP) is 6.36. The highest BCUT2D eigenvalue weighted by Crippen LogP contribution is 2.25. The first-order valence-electron chi connectivity index (χ1n) is 9.28. The number of halogens is 2. The number of carbonyl (C=O) groups is 1. The van der Waals surface area contributed by atoms with E-state index in [9.17, 15) is 4.79 Å². The molecule has 0 aliphatic carbocycles.